The third-order valence-corrected chi connectivity index (χ3v) is 3.03. The van der Waals surface area contributed by atoms with Gasteiger partial charge in [0.1, 0.15) is 0 Å². The fraction of sp³-hybridized carbons (Fsp3) is 0.375. The van der Waals surface area contributed by atoms with Crippen LogP contribution in [0, 0.1) is 5.41 Å². The van der Waals surface area contributed by atoms with Crippen molar-refractivity contribution in [3.05, 3.63) is 47.8 Å². The molecule has 1 heterocycles. The Balaban J connectivity index is 2.54. The molecule has 0 spiro atoms. The quantitative estimate of drug-likeness (QED) is 0.782. The lowest BCUT2D eigenvalue weighted by molar-refractivity contribution is -0.143. The number of para-hydroxylation sites is 1. The minimum absolute atomic E-state index is 0.0244. The third-order valence-electron chi connectivity index (χ3n) is 3.03. The average molecular weight is 310 g/mol. The monoisotopic (exact) mass is 310 g/mol. The fourth-order valence-electron chi connectivity index (χ4n) is 2.17. The Morgan fingerprint density at radius 2 is 1.73 bits per heavy atom. The first kappa shape index (κ1) is 16.3. The van der Waals surface area contributed by atoms with Crippen molar-refractivity contribution in [1.82, 2.24) is 9.78 Å². The lowest BCUT2D eigenvalue weighted by Gasteiger charge is -2.17. The summed E-state index contributed by atoms with van der Waals surface area (Å²) >= 11 is 0. The highest BCUT2D eigenvalue weighted by Gasteiger charge is 2.40. The number of hydrogen-bond donors (Lipinski definition) is 0. The van der Waals surface area contributed by atoms with E-state index in [1.54, 1.807) is 39.0 Å². The van der Waals surface area contributed by atoms with Crippen molar-refractivity contribution in [2.24, 2.45) is 5.41 Å². The van der Waals surface area contributed by atoms with E-state index >= 15 is 0 Å². The number of carbonyl (C=O) groups is 1. The number of aromatic nitrogens is 2. The van der Waals surface area contributed by atoms with Crippen molar-refractivity contribution in [3.8, 4) is 5.69 Å². The van der Waals surface area contributed by atoms with Crippen molar-refractivity contribution in [3.63, 3.8) is 0 Å². The van der Waals surface area contributed by atoms with Crippen LogP contribution in [0.3, 0.4) is 0 Å². The summed E-state index contributed by atoms with van der Waals surface area (Å²) < 4.78 is 41.0. The molecule has 0 aliphatic carbocycles. The van der Waals surface area contributed by atoms with Crippen LogP contribution in [0.15, 0.2) is 36.5 Å². The summed E-state index contributed by atoms with van der Waals surface area (Å²) in [5.74, 6) is -0.554. The molecule has 3 nitrogen and oxygen atoms in total. The molecule has 0 radical (unpaired) electrons. The zero-order valence-corrected chi connectivity index (χ0v) is 12.6. The third kappa shape index (κ3) is 3.55. The van der Waals surface area contributed by atoms with Crippen LogP contribution < -0.4 is 0 Å². The van der Waals surface area contributed by atoms with Gasteiger partial charge in [-0.2, -0.15) is 18.3 Å². The molecule has 1 aromatic heterocycles. The lowest BCUT2D eigenvalue weighted by Crippen LogP contribution is -2.20. The standard InChI is InChI=1S/C16H17F3N2O/c1-15(2,3)9-13(22)12-10-20-21(14(12)16(17,18)19)11-7-5-4-6-8-11/h4-8,10H,9H2,1-3H3. The van der Waals surface area contributed by atoms with Crippen LogP contribution in [0.2, 0.25) is 0 Å². The maximum absolute atomic E-state index is 13.4. The van der Waals surface area contributed by atoms with Gasteiger partial charge in [0.05, 0.1) is 17.4 Å². The van der Waals surface area contributed by atoms with Crippen LogP contribution in [0.1, 0.15) is 43.2 Å². The number of rotatable bonds is 3. The molecule has 0 amide bonds. The number of benzene rings is 1. The van der Waals surface area contributed by atoms with Crippen molar-refractivity contribution in [1.29, 1.82) is 0 Å². The van der Waals surface area contributed by atoms with Crippen molar-refractivity contribution in [2.75, 3.05) is 0 Å². The van der Waals surface area contributed by atoms with E-state index in [1.165, 1.54) is 12.1 Å². The summed E-state index contributed by atoms with van der Waals surface area (Å²) in [5, 5.41) is 3.78. The maximum atomic E-state index is 13.4. The van der Waals surface area contributed by atoms with Gasteiger partial charge in [-0.05, 0) is 17.5 Å². The van der Waals surface area contributed by atoms with E-state index in [9.17, 15) is 18.0 Å². The van der Waals surface area contributed by atoms with E-state index < -0.39 is 23.1 Å². The van der Waals surface area contributed by atoms with E-state index in [4.69, 9.17) is 0 Å². The molecule has 1 aromatic carbocycles. The highest BCUT2D eigenvalue weighted by atomic mass is 19.4. The number of nitrogens with zero attached hydrogens (tertiary/aromatic N) is 2. The van der Waals surface area contributed by atoms with Gasteiger partial charge in [-0.25, -0.2) is 4.68 Å². The first-order valence-electron chi connectivity index (χ1n) is 6.83. The molecule has 0 fully saturated rings. The molecule has 0 aliphatic heterocycles. The van der Waals surface area contributed by atoms with Gasteiger partial charge in [0.25, 0.3) is 0 Å². The van der Waals surface area contributed by atoms with Crippen LogP contribution in [-0.2, 0) is 6.18 Å². The van der Waals surface area contributed by atoms with Gasteiger partial charge in [-0.15, -0.1) is 0 Å². The van der Waals surface area contributed by atoms with Crippen molar-refractivity contribution in [2.45, 2.75) is 33.4 Å². The number of ketones is 1. The van der Waals surface area contributed by atoms with Gasteiger partial charge in [0.2, 0.25) is 0 Å². The Morgan fingerprint density at radius 3 is 2.23 bits per heavy atom. The Kier molecular flexibility index (Phi) is 4.13. The highest BCUT2D eigenvalue weighted by molar-refractivity contribution is 5.97. The number of carbonyl (C=O) groups excluding carboxylic acids is 1. The zero-order valence-electron chi connectivity index (χ0n) is 12.6. The predicted molar refractivity (Wildman–Crippen MR) is 77.0 cm³/mol. The van der Waals surface area contributed by atoms with E-state index in [1.807, 2.05) is 0 Å². The van der Waals surface area contributed by atoms with Crippen LogP contribution in [-0.4, -0.2) is 15.6 Å². The molecule has 0 saturated heterocycles. The molecule has 0 bridgehead atoms. The molecular weight excluding hydrogens is 293 g/mol. The summed E-state index contributed by atoms with van der Waals surface area (Å²) in [6, 6.07) is 7.97. The SMILES string of the molecule is CC(C)(C)CC(=O)c1cnn(-c2ccccc2)c1C(F)(F)F. The number of alkyl halides is 3. The summed E-state index contributed by atoms with van der Waals surface area (Å²) in [6.45, 7) is 5.42. The molecule has 118 valence electrons. The fourth-order valence-corrected chi connectivity index (χ4v) is 2.17. The van der Waals surface area contributed by atoms with Crippen molar-refractivity contribution < 1.29 is 18.0 Å². The zero-order chi connectivity index (χ0) is 16.5. The Morgan fingerprint density at radius 1 is 1.14 bits per heavy atom. The Bertz CT molecular complexity index is 667. The van der Waals surface area contributed by atoms with E-state index in [0.29, 0.717) is 0 Å². The second-order valence-corrected chi connectivity index (χ2v) is 6.31. The lowest BCUT2D eigenvalue weighted by atomic mass is 9.88. The molecule has 0 atom stereocenters. The van der Waals surface area contributed by atoms with Crippen LogP contribution in [0.5, 0.6) is 0 Å². The number of halogens is 3. The topological polar surface area (TPSA) is 34.9 Å². The second-order valence-electron chi connectivity index (χ2n) is 6.31. The van der Waals surface area contributed by atoms with Gasteiger partial charge in [0.15, 0.2) is 11.5 Å². The normalized spacial score (nSPS) is 12.5. The van der Waals surface area contributed by atoms with E-state index in [0.717, 1.165) is 10.9 Å². The molecule has 6 heteroatoms. The van der Waals surface area contributed by atoms with Gasteiger partial charge in [-0.3, -0.25) is 4.79 Å². The molecule has 0 N–H and O–H groups in total. The smallest absolute Gasteiger partial charge is 0.294 e. The van der Waals surface area contributed by atoms with Crippen LogP contribution in [0.4, 0.5) is 13.2 Å². The predicted octanol–water partition coefficient (Wildman–Crippen LogP) is 4.51. The maximum Gasteiger partial charge on any atom is 0.434 e. The van der Waals surface area contributed by atoms with E-state index in [-0.39, 0.29) is 17.7 Å². The molecule has 0 unspecified atom stereocenters. The van der Waals surface area contributed by atoms with Crippen LogP contribution in [0.25, 0.3) is 5.69 Å². The largest absolute Gasteiger partial charge is 0.434 e. The number of Topliss-reactive ketones (excluding diaryl/α,β-unsaturated/α-hetero) is 1. The molecule has 2 rings (SSSR count). The Labute approximate surface area is 126 Å². The molecule has 2 aromatic rings. The second kappa shape index (κ2) is 5.59. The van der Waals surface area contributed by atoms with Crippen LogP contribution >= 0.6 is 0 Å². The van der Waals surface area contributed by atoms with E-state index in [2.05, 4.69) is 5.10 Å². The Hall–Kier alpha value is -2.11. The minimum Gasteiger partial charge on any atom is -0.294 e. The molecule has 22 heavy (non-hydrogen) atoms. The first-order chi connectivity index (χ1) is 10.1. The molecule has 0 saturated carbocycles. The molecule has 0 aliphatic rings. The summed E-state index contributed by atoms with van der Waals surface area (Å²) in [5.41, 5.74) is -1.53. The first-order valence-corrected chi connectivity index (χ1v) is 6.83. The summed E-state index contributed by atoms with van der Waals surface area (Å²) in [7, 11) is 0. The minimum atomic E-state index is -4.66. The van der Waals surface area contributed by atoms with Gasteiger partial charge >= 0.3 is 6.18 Å². The van der Waals surface area contributed by atoms with Gasteiger partial charge in [-0.1, -0.05) is 39.0 Å². The van der Waals surface area contributed by atoms with Gasteiger partial charge in [0, 0.05) is 6.42 Å². The average Bonchev–Trinajstić information content (AvgIpc) is 2.82. The summed E-state index contributed by atoms with van der Waals surface area (Å²) in [6.07, 6.45) is -3.63. The van der Waals surface area contributed by atoms with Crippen molar-refractivity contribution >= 4 is 5.78 Å². The summed E-state index contributed by atoms with van der Waals surface area (Å²) in [4.78, 5) is 12.2. The highest BCUT2D eigenvalue weighted by Crippen LogP contribution is 2.35. The number of hydrogen-bond acceptors (Lipinski definition) is 2. The van der Waals surface area contributed by atoms with Gasteiger partial charge < -0.3 is 0 Å². The molecular formula is C16H17F3N2O.